The van der Waals surface area contributed by atoms with Gasteiger partial charge >= 0.3 is 0 Å². The molecule has 1 aromatic carbocycles. The van der Waals surface area contributed by atoms with E-state index in [2.05, 4.69) is 52.4 Å². The van der Waals surface area contributed by atoms with Gasteiger partial charge in [-0.05, 0) is 44.0 Å². The van der Waals surface area contributed by atoms with Gasteiger partial charge in [0.15, 0.2) is 0 Å². The summed E-state index contributed by atoms with van der Waals surface area (Å²) in [5.74, 6) is 0. The van der Waals surface area contributed by atoms with Gasteiger partial charge in [-0.3, -0.25) is 9.97 Å². The van der Waals surface area contributed by atoms with Crippen LogP contribution in [0, 0.1) is 13.8 Å². The number of aromatic nitrogens is 5. The lowest BCUT2D eigenvalue weighted by atomic mass is 10.1. The molecule has 0 N–H and O–H groups in total. The van der Waals surface area contributed by atoms with Crippen LogP contribution in [0.3, 0.4) is 0 Å². The monoisotopic (exact) mass is 335 g/mol. The number of hydrogen-bond acceptors (Lipinski definition) is 5. The molecular formula is C18H17N5S. The third-order valence-electron chi connectivity index (χ3n) is 4.31. The smallest absolute Gasteiger partial charge is 0.116 e. The van der Waals surface area contributed by atoms with Crippen LogP contribution in [0.15, 0.2) is 42.4 Å². The maximum atomic E-state index is 4.75. The number of aryl methyl sites for hydroxylation is 2. The van der Waals surface area contributed by atoms with Crippen molar-refractivity contribution in [1.82, 2.24) is 24.5 Å². The normalized spacial score (nSPS) is 12.6. The number of rotatable bonds is 3. The molecule has 0 amide bonds. The van der Waals surface area contributed by atoms with Crippen LogP contribution in [0.2, 0.25) is 0 Å². The van der Waals surface area contributed by atoms with E-state index in [1.54, 1.807) is 29.9 Å². The predicted molar refractivity (Wildman–Crippen MR) is 96.2 cm³/mol. The Kier molecular flexibility index (Phi) is 3.61. The number of thiazole rings is 1. The van der Waals surface area contributed by atoms with Gasteiger partial charge in [0.05, 0.1) is 29.6 Å². The van der Waals surface area contributed by atoms with Crippen molar-refractivity contribution in [3.63, 3.8) is 0 Å². The number of hydrogen-bond donors (Lipinski definition) is 0. The lowest BCUT2D eigenvalue weighted by Gasteiger charge is -2.12. The Morgan fingerprint density at radius 3 is 2.67 bits per heavy atom. The lowest BCUT2D eigenvalue weighted by molar-refractivity contribution is 0.653. The fourth-order valence-electron chi connectivity index (χ4n) is 2.74. The minimum atomic E-state index is 0.118. The van der Waals surface area contributed by atoms with Gasteiger partial charge in [-0.15, -0.1) is 11.3 Å². The summed E-state index contributed by atoms with van der Waals surface area (Å²) in [7, 11) is 0. The van der Waals surface area contributed by atoms with Gasteiger partial charge in [0.25, 0.3) is 0 Å². The van der Waals surface area contributed by atoms with Crippen molar-refractivity contribution in [2.75, 3.05) is 0 Å². The maximum absolute atomic E-state index is 4.75. The highest BCUT2D eigenvalue weighted by Crippen LogP contribution is 2.29. The average Bonchev–Trinajstić information content (AvgIpc) is 3.23. The Morgan fingerprint density at radius 1 is 1.04 bits per heavy atom. The van der Waals surface area contributed by atoms with E-state index in [1.807, 2.05) is 11.7 Å². The zero-order valence-corrected chi connectivity index (χ0v) is 14.6. The molecule has 24 heavy (non-hydrogen) atoms. The number of fused-ring (bicyclic) bond motifs is 1. The zero-order chi connectivity index (χ0) is 16.7. The summed E-state index contributed by atoms with van der Waals surface area (Å²) < 4.78 is 2.18. The standard InChI is InChI=1S/C18H17N5S/c1-11-6-14-17(7-12(11)2)23(10-21-14)13(3)18-22-16(9-24-18)15-8-19-4-5-20-15/h4-10,13H,1-3H3. The highest BCUT2D eigenvalue weighted by atomic mass is 32.1. The van der Waals surface area contributed by atoms with Crippen molar-refractivity contribution in [3.8, 4) is 11.4 Å². The molecular weight excluding hydrogens is 318 g/mol. The second-order valence-corrected chi connectivity index (χ2v) is 6.80. The molecule has 4 rings (SSSR count). The predicted octanol–water partition coefficient (Wildman–Crippen LogP) is 4.18. The van der Waals surface area contributed by atoms with Crippen molar-refractivity contribution in [2.24, 2.45) is 0 Å². The van der Waals surface area contributed by atoms with Gasteiger partial charge in [0.2, 0.25) is 0 Å². The molecule has 5 nitrogen and oxygen atoms in total. The fraction of sp³-hybridized carbons (Fsp3) is 0.222. The topological polar surface area (TPSA) is 56.5 Å². The zero-order valence-electron chi connectivity index (χ0n) is 13.8. The Labute approximate surface area is 144 Å². The quantitative estimate of drug-likeness (QED) is 0.564. The van der Waals surface area contributed by atoms with E-state index < -0.39 is 0 Å². The van der Waals surface area contributed by atoms with Crippen LogP contribution in [-0.4, -0.2) is 24.5 Å². The Balaban J connectivity index is 1.73. The van der Waals surface area contributed by atoms with Crippen LogP contribution in [-0.2, 0) is 0 Å². The summed E-state index contributed by atoms with van der Waals surface area (Å²) in [5, 5.41) is 3.07. The van der Waals surface area contributed by atoms with Crippen molar-refractivity contribution in [2.45, 2.75) is 26.8 Å². The first kappa shape index (κ1) is 15.0. The molecule has 3 heterocycles. The molecule has 0 bridgehead atoms. The van der Waals surface area contributed by atoms with Crippen LogP contribution in [0.5, 0.6) is 0 Å². The minimum absolute atomic E-state index is 0.118. The van der Waals surface area contributed by atoms with E-state index in [0.29, 0.717) is 0 Å². The summed E-state index contributed by atoms with van der Waals surface area (Å²) in [6.45, 7) is 6.40. The fourth-order valence-corrected chi connectivity index (χ4v) is 3.61. The van der Waals surface area contributed by atoms with E-state index in [1.165, 1.54) is 11.1 Å². The number of nitrogens with zero attached hydrogens (tertiary/aromatic N) is 5. The van der Waals surface area contributed by atoms with Crippen LogP contribution in [0.25, 0.3) is 22.4 Å². The van der Waals surface area contributed by atoms with Crippen LogP contribution in [0.1, 0.15) is 29.1 Å². The van der Waals surface area contributed by atoms with E-state index in [-0.39, 0.29) is 6.04 Å². The van der Waals surface area contributed by atoms with E-state index in [9.17, 15) is 0 Å². The molecule has 1 unspecified atom stereocenters. The summed E-state index contributed by atoms with van der Waals surface area (Å²) in [4.78, 5) is 17.7. The molecule has 1 atom stereocenters. The second kappa shape index (κ2) is 5.79. The Bertz CT molecular complexity index is 1000. The SMILES string of the molecule is Cc1cc2ncn(C(C)c3nc(-c4cnccn4)cs3)c2cc1C. The Morgan fingerprint density at radius 2 is 1.88 bits per heavy atom. The molecule has 0 fully saturated rings. The second-order valence-electron chi connectivity index (χ2n) is 5.91. The molecule has 0 saturated heterocycles. The van der Waals surface area contributed by atoms with Crippen molar-refractivity contribution in [1.29, 1.82) is 0 Å². The summed E-state index contributed by atoms with van der Waals surface area (Å²) in [6, 6.07) is 4.46. The molecule has 0 saturated carbocycles. The highest BCUT2D eigenvalue weighted by molar-refractivity contribution is 7.10. The Hall–Kier alpha value is -2.60. The third kappa shape index (κ3) is 2.49. The first-order valence-electron chi connectivity index (χ1n) is 7.79. The van der Waals surface area contributed by atoms with Crippen LogP contribution in [0.4, 0.5) is 0 Å². The van der Waals surface area contributed by atoms with E-state index in [4.69, 9.17) is 4.98 Å². The highest BCUT2D eigenvalue weighted by Gasteiger charge is 2.16. The summed E-state index contributed by atoms with van der Waals surface area (Å²) >= 11 is 1.64. The summed E-state index contributed by atoms with van der Waals surface area (Å²) in [5.41, 5.74) is 6.37. The van der Waals surface area contributed by atoms with Gasteiger partial charge in [-0.25, -0.2) is 9.97 Å². The molecule has 120 valence electrons. The number of imidazole rings is 1. The van der Waals surface area contributed by atoms with Crippen LogP contribution >= 0.6 is 11.3 Å². The molecule has 4 aromatic rings. The minimum Gasteiger partial charge on any atom is -0.321 e. The lowest BCUT2D eigenvalue weighted by Crippen LogP contribution is -2.05. The van der Waals surface area contributed by atoms with E-state index in [0.717, 1.165) is 27.4 Å². The third-order valence-corrected chi connectivity index (χ3v) is 5.33. The maximum Gasteiger partial charge on any atom is 0.116 e. The van der Waals surface area contributed by atoms with Crippen molar-refractivity contribution >= 4 is 22.4 Å². The van der Waals surface area contributed by atoms with Gasteiger partial charge in [0, 0.05) is 17.8 Å². The van der Waals surface area contributed by atoms with Gasteiger partial charge in [0.1, 0.15) is 16.4 Å². The van der Waals surface area contributed by atoms with Crippen molar-refractivity contribution in [3.05, 3.63) is 58.6 Å². The van der Waals surface area contributed by atoms with Gasteiger partial charge < -0.3 is 4.57 Å². The largest absolute Gasteiger partial charge is 0.321 e. The molecule has 0 aliphatic carbocycles. The molecule has 0 aliphatic rings. The van der Waals surface area contributed by atoms with Gasteiger partial charge in [-0.2, -0.15) is 0 Å². The molecule has 6 heteroatoms. The van der Waals surface area contributed by atoms with E-state index >= 15 is 0 Å². The molecule has 3 aromatic heterocycles. The van der Waals surface area contributed by atoms with Crippen LogP contribution < -0.4 is 0 Å². The summed E-state index contributed by atoms with van der Waals surface area (Å²) in [6.07, 6.45) is 6.99. The first-order chi connectivity index (χ1) is 11.6. The molecule has 0 radical (unpaired) electrons. The average molecular weight is 335 g/mol. The van der Waals surface area contributed by atoms with Crippen molar-refractivity contribution < 1.29 is 0 Å². The molecule has 0 aliphatic heterocycles. The van der Waals surface area contributed by atoms with Gasteiger partial charge in [-0.1, -0.05) is 0 Å². The molecule has 0 spiro atoms. The first-order valence-corrected chi connectivity index (χ1v) is 8.67. The number of benzene rings is 1.